The van der Waals surface area contributed by atoms with Crippen molar-refractivity contribution in [3.63, 3.8) is 0 Å². The summed E-state index contributed by atoms with van der Waals surface area (Å²) >= 11 is 0. The highest BCUT2D eigenvalue weighted by Crippen LogP contribution is 2.45. The lowest BCUT2D eigenvalue weighted by Crippen LogP contribution is -2.26. The van der Waals surface area contributed by atoms with Crippen molar-refractivity contribution in [3.05, 3.63) is 177 Å². The average molecular weight is 1100 g/mol. The lowest BCUT2D eigenvalue weighted by molar-refractivity contribution is -0.172. The topological polar surface area (TPSA) is 183 Å². The number of hydrogen-bond acceptors (Lipinski definition) is 16. The first kappa shape index (κ1) is 56.6. The first-order valence-corrected chi connectivity index (χ1v) is 28.4. The van der Waals surface area contributed by atoms with Crippen LogP contribution in [0.15, 0.2) is 153 Å². The molecular formula is C60H64N2O14S2. The van der Waals surface area contributed by atoms with Crippen molar-refractivity contribution in [2.24, 2.45) is 0 Å². The Kier molecular flexibility index (Phi) is 18.6. The fraction of sp³-hybridized carbons (Fsp3) is 0.300. The zero-order valence-electron chi connectivity index (χ0n) is 44.5. The summed E-state index contributed by atoms with van der Waals surface area (Å²) in [7, 11) is 1.86. The Bertz CT molecular complexity index is 3150. The van der Waals surface area contributed by atoms with Crippen LogP contribution < -0.4 is 28.4 Å². The maximum Gasteiger partial charge on any atom is 0.418 e. The van der Waals surface area contributed by atoms with Gasteiger partial charge in [-0.3, -0.25) is 0 Å². The molecule has 410 valence electrons. The van der Waals surface area contributed by atoms with Crippen LogP contribution in [0.5, 0.6) is 34.5 Å². The molecule has 0 spiro atoms. The molecule has 0 amide bonds. The molecule has 18 heteroatoms. The predicted molar refractivity (Wildman–Crippen MR) is 295 cm³/mol. The molecule has 2 aliphatic rings. The first-order chi connectivity index (χ1) is 37.6. The van der Waals surface area contributed by atoms with Gasteiger partial charge in [0.2, 0.25) is 19.7 Å². The first-order valence-electron chi connectivity index (χ1n) is 25.4. The zero-order valence-corrected chi connectivity index (χ0v) is 46.1. The molecule has 16 nitrogen and oxygen atoms in total. The second-order valence-electron chi connectivity index (χ2n) is 18.8. The SMILES string of the molecule is COc1ccc(CCN(C)CCCOc2ccc(S(=O)(=O)C3=Cc4ccccc4C3OC(=O)C(=O)OC3C(S(=O)(=O)c4ccc(OCCCN(C)CCc5ccc(OC)c(OC)c5)cc4)=Cc4ccccc43)cc2)cc1OC. The maximum atomic E-state index is 14.3. The number of rotatable bonds is 26. The normalized spacial score (nSPS) is 14.7. The van der Waals surface area contributed by atoms with Gasteiger partial charge in [-0.05, 0) is 147 Å². The molecule has 0 radical (unpaired) electrons. The molecule has 8 rings (SSSR count). The molecule has 0 aromatic heterocycles. The summed E-state index contributed by atoms with van der Waals surface area (Å²) in [6, 6.07) is 36.9. The molecule has 2 atom stereocenters. The highest BCUT2D eigenvalue weighted by molar-refractivity contribution is 7.95. The van der Waals surface area contributed by atoms with Crippen LogP contribution in [0.1, 0.15) is 58.4 Å². The maximum absolute atomic E-state index is 14.3. The molecule has 0 heterocycles. The average Bonchev–Trinajstić information content (AvgIpc) is 4.07. The van der Waals surface area contributed by atoms with Crippen molar-refractivity contribution in [1.29, 1.82) is 0 Å². The van der Waals surface area contributed by atoms with Crippen molar-refractivity contribution >= 4 is 43.8 Å². The minimum absolute atomic E-state index is 0.0860. The van der Waals surface area contributed by atoms with Crippen LogP contribution in [-0.2, 0) is 51.6 Å². The molecule has 6 aromatic carbocycles. The molecule has 2 aliphatic carbocycles. The number of sulfone groups is 2. The molecule has 0 fully saturated rings. The molecule has 78 heavy (non-hydrogen) atoms. The number of fused-ring (bicyclic) bond motifs is 2. The number of benzene rings is 6. The minimum atomic E-state index is -4.32. The van der Waals surface area contributed by atoms with Gasteiger partial charge in [0.1, 0.15) is 11.5 Å². The number of carbonyl (C=O) groups excluding carboxylic acids is 2. The molecule has 0 bridgehead atoms. The Balaban J connectivity index is 0.851. The quantitative estimate of drug-likeness (QED) is 0.0284. The van der Waals surface area contributed by atoms with Gasteiger partial charge in [-0.1, -0.05) is 60.7 Å². The third-order valence-corrected chi connectivity index (χ3v) is 17.2. The van der Waals surface area contributed by atoms with Crippen LogP contribution in [0.4, 0.5) is 0 Å². The van der Waals surface area contributed by atoms with E-state index >= 15 is 0 Å². The summed E-state index contributed by atoms with van der Waals surface area (Å²) in [5, 5.41) is 0. The summed E-state index contributed by atoms with van der Waals surface area (Å²) in [5.74, 6) is 0.642. The summed E-state index contributed by atoms with van der Waals surface area (Å²) in [6.07, 6.45) is 2.85. The Labute approximate surface area is 456 Å². The molecule has 2 unspecified atom stereocenters. The van der Waals surface area contributed by atoms with E-state index in [1.54, 1.807) is 101 Å². The van der Waals surface area contributed by atoms with Gasteiger partial charge < -0.3 is 47.7 Å². The smallest absolute Gasteiger partial charge is 0.418 e. The molecule has 0 saturated heterocycles. The zero-order chi connectivity index (χ0) is 55.4. The Morgan fingerprint density at radius 1 is 0.462 bits per heavy atom. The van der Waals surface area contributed by atoms with Gasteiger partial charge in [0.05, 0.1) is 61.3 Å². The number of methoxy groups -OCH3 is 4. The third-order valence-electron chi connectivity index (χ3n) is 13.5. The molecule has 0 aliphatic heterocycles. The van der Waals surface area contributed by atoms with E-state index in [4.69, 9.17) is 37.9 Å². The fourth-order valence-electron chi connectivity index (χ4n) is 9.20. The van der Waals surface area contributed by atoms with Gasteiger partial charge in [0.25, 0.3) is 0 Å². The van der Waals surface area contributed by atoms with E-state index in [-0.39, 0.29) is 19.6 Å². The van der Waals surface area contributed by atoms with E-state index in [0.717, 1.165) is 63.0 Å². The minimum Gasteiger partial charge on any atom is -0.494 e. The van der Waals surface area contributed by atoms with Crippen LogP contribution in [-0.4, -0.2) is 121 Å². The monoisotopic (exact) mass is 1100 g/mol. The second-order valence-corrected chi connectivity index (χ2v) is 22.7. The summed E-state index contributed by atoms with van der Waals surface area (Å²) in [5.41, 5.74) is 3.87. The molecule has 0 saturated carbocycles. The Morgan fingerprint density at radius 3 is 1.21 bits per heavy atom. The van der Waals surface area contributed by atoms with E-state index < -0.39 is 43.8 Å². The van der Waals surface area contributed by atoms with Crippen molar-refractivity contribution in [3.8, 4) is 34.5 Å². The Hall–Kier alpha value is -7.64. The van der Waals surface area contributed by atoms with E-state index in [1.165, 1.54) is 36.4 Å². The van der Waals surface area contributed by atoms with E-state index in [2.05, 4.69) is 9.80 Å². The summed E-state index contributed by atoms with van der Waals surface area (Å²) < 4.78 is 102. The van der Waals surface area contributed by atoms with Gasteiger partial charge in [-0.2, -0.15) is 0 Å². The second kappa shape index (κ2) is 25.7. The number of carbonyl (C=O) groups is 2. The van der Waals surface area contributed by atoms with Gasteiger partial charge in [-0.25, -0.2) is 26.4 Å². The van der Waals surface area contributed by atoms with Crippen LogP contribution in [0.3, 0.4) is 0 Å². The van der Waals surface area contributed by atoms with Gasteiger partial charge in [0.15, 0.2) is 35.2 Å². The van der Waals surface area contributed by atoms with Crippen LogP contribution in [0, 0.1) is 0 Å². The van der Waals surface area contributed by atoms with E-state index in [0.29, 0.717) is 70.0 Å². The van der Waals surface area contributed by atoms with Crippen molar-refractivity contribution in [1.82, 2.24) is 9.80 Å². The fourth-order valence-corrected chi connectivity index (χ4v) is 12.2. The standard InChI is InChI=1S/C60H64N2O14S2/c1-61(33-29-41-17-27-51(69-3)53(37-41)71-5)31-11-35-73-45-19-23-47(24-20-45)77(65,66)55-39-43-13-7-9-15-49(43)57(55)75-59(63)60(64)76-58-50-16-10-8-14-44(50)40-56(58)78(67,68)48-25-21-46(22-26-48)74-36-12-32-62(2)34-30-42-18-28-52(70-4)54(38-42)72-6/h7-10,13-28,37-40,57-58H,11-12,29-36H2,1-6H3. The van der Waals surface area contributed by atoms with Crippen molar-refractivity contribution in [2.75, 3.05) is 81.9 Å². The molecule has 0 N–H and O–H groups in total. The molecule has 6 aromatic rings. The lowest BCUT2D eigenvalue weighted by Gasteiger charge is -2.20. The van der Waals surface area contributed by atoms with Crippen molar-refractivity contribution in [2.45, 2.75) is 47.7 Å². The van der Waals surface area contributed by atoms with E-state index in [1.807, 2.05) is 50.5 Å². The summed E-state index contributed by atoms with van der Waals surface area (Å²) in [4.78, 5) is 31.2. The largest absolute Gasteiger partial charge is 0.494 e. The van der Waals surface area contributed by atoms with Crippen LogP contribution in [0.2, 0.25) is 0 Å². The van der Waals surface area contributed by atoms with Crippen LogP contribution >= 0.6 is 0 Å². The van der Waals surface area contributed by atoms with Crippen molar-refractivity contribution < 1.29 is 64.3 Å². The highest BCUT2D eigenvalue weighted by Gasteiger charge is 2.42. The lowest BCUT2D eigenvalue weighted by atomic mass is 10.1. The number of likely N-dealkylation sites (N-methyl/N-ethyl adjacent to an activating group) is 2. The number of ether oxygens (including phenoxy) is 8. The summed E-state index contributed by atoms with van der Waals surface area (Å²) in [6.45, 7) is 3.95. The van der Waals surface area contributed by atoms with Gasteiger partial charge in [-0.15, -0.1) is 0 Å². The third kappa shape index (κ3) is 13.4. The van der Waals surface area contributed by atoms with E-state index in [9.17, 15) is 26.4 Å². The number of nitrogens with zero attached hydrogens (tertiary/aromatic N) is 2. The van der Waals surface area contributed by atoms with Crippen LogP contribution in [0.25, 0.3) is 12.2 Å². The predicted octanol–water partition coefficient (Wildman–Crippen LogP) is 9.13. The highest BCUT2D eigenvalue weighted by atomic mass is 32.2. The van der Waals surface area contributed by atoms with Gasteiger partial charge in [0, 0.05) is 37.3 Å². The Morgan fingerprint density at radius 2 is 0.833 bits per heavy atom. The van der Waals surface area contributed by atoms with Gasteiger partial charge >= 0.3 is 11.9 Å². The molecular weight excluding hydrogens is 1040 g/mol. The number of esters is 2. The number of hydrogen-bond donors (Lipinski definition) is 0.